The minimum absolute atomic E-state index is 1.21. The van der Waals surface area contributed by atoms with Gasteiger partial charge in [0, 0.05) is 0 Å². The smallest absolute Gasteiger partial charge is 0.00199 e. The lowest BCUT2D eigenvalue weighted by Gasteiger charge is -2.21. The van der Waals surface area contributed by atoms with E-state index < -0.39 is 0 Å². The van der Waals surface area contributed by atoms with Gasteiger partial charge in [-0.05, 0) is 94.0 Å². The summed E-state index contributed by atoms with van der Waals surface area (Å²) in [5, 5.41) is 7.53. The second kappa shape index (κ2) is 11.8. The van der Waals surface area contributed by atoms with E-state index in [0.717, 1.165) is 0 Å². The van der Waals surface area contributed by atoms with Crippen LogP contribution in [0.2, 0.25) is 0 Å². The van der Waals surface area contributed by atoms with Crippen LogP contribution in [0.3, 0.4) is 0 Å². The van der Waals surface area contributed by atoms with E-state index in [2.05, 4.69) is 194 Å². The Morgan fingerprint density at radius 1 is 0.208 bits per heavy atom. The molecular weight excluding hydrogens is 577 g/mol. The van der Waals surface area contributed by atoms with Gasteiger partial charge in [0.1, 0.15) is 0 Å². The summed E-state index contributed by atoms with van der Waals surface area (Å²) in [7, 11) is 0. The van der Waals surface area contributed by atoms with E-state index in [1.165, 1.54) is 88.0 Å². The number of hydrogen-bond acceptors (Lipinski definition) is 0. The van der Waals surface area contributed by atoms with Crippen LogP contribution in [0.5, 0.6) is 0 Å². The van der Waals surface area contributed by atoms with Crippen LogP contribution in [0.4, 0.5) is 0 Å². The maximum atomic E-state index is 2.44. The molecule has 0 unspecified atom stereocenters. The van der Waals surface area contributed by atoms with Gasteiger partial charge >= 0.3 is 0 Å². The summed E-state index contributed by atoms with van der Waals surface area (Å²) >= 11 is 0. The van der Waals surface area contributed by atoms with Crippen LogP contribution in [0.25, 0.3) is 88.0 Å². The molecule has 0 saturated carbocycles. The Hall–Kier alpha value is -6.24. The Kier molecular flexibility index (Phi) is 6.91. The number of hydrogen-bond donors (Lipinski definition) is 0. The third-order valence-electron chi connectivity index (χ3n) is 9.69. The monoisotopic (exact) mass is 608 g/mol. The molecule has 0 amide bonds. The molecule has 0 nitrogen and oxygen atoms in total. The minimum Gasteiger partial charge on any atom is -0.0622 e. The number of benzene rings is 9. The predicted molar refractivity (Wildman–Crippen MR) is 206 cm³/mol. The van der Waals surface area contributed by atoms with Crippen LogP contribution in [0.15, 0.2) is 194 Å². The molecule has 224 valence electrons. The van der Waals surface area contributed by atoms with Crippen molar-refractivity contribution in [1.29, 1.82) is 0 Å². The second-order valence-corrected chi connectivity index (χ2v) is 12.4. The summed E-state index contributed by atoms with van der Waals surface area (Å²) in [5.41, 5.74) is 12.4. The van der Waals surface area contributed by atoms with E-state index in [1.54, 1.807) is 0 Å². The van der Waals surface area contributed by atoms with Gasteiger partial charge < -0.3 is 0 Å². The highest BCUT2D eigenvalue weighted by atomic mass is 14.2. The van der Waals surface area contributed by atoms with Crippen molar-refractivity contribution < 1.29 is 0 Å². The third-order valence-corrected chi connectivity index (χ3v) is 9.69. The summed E-state index contributed by atoms with van der Waals surface area (Å²) in [6, 6.07) is 70.7. The highest BCUT2D eigenvalue weighted by molar-refractivity contribution is 6.24. The van der Waals surface area contributed by atoms with E-state index >= 15 is 0 Å². The summed E-state index contributed by atoms with van der Waals surface area (Å²) in [5.74, 6) is 0. The summed E-state index contributed by atoms with van der Waals surface area (Å²) < 4.78 is 0. The summed E-state index contributed by atoms with van der Waals surface area (Å²) in [4.78, 5) is 0. The normalized spacial score (nSPS) is 11.3. The molecule has 0 aliphatic rings. The van der Waals surface area contributed by atoms with Gasteiger partial charge in [0.05, 0.1) is 0 Å². The largest absolute Gasteiger partial charge is 0.0622 e. The molecule has 0 saturated heterocycles. The van der Waals surface area contributed by atoms with E-state index in [0.29, 0.717) is 0 Å². The van der Waals surface area contributed by atoms with Crippen molar-refractivity contribution in [2.75, 3.05) is 0 Å². The molecule has 0 fully saturated rings. The Bertz CT molecular complexity index is 2590. The standard InChI is InChI=1S/C48H32/c1-3-16-33(17-4-1)37-22-9-10-25-40(37)36-30-31-45-46(32-36)48(41-26-12-11-24-38(41)34-18-5-2-6-19-34)44-28-14-13-27-43(44)47(45)42-29-15-21-35-20-7-8-23-39(35)42/h1-32H. The van der Waals surface area contributed by atoms with Gasteiger partial charge in [0.25, 0.3) is 0 Å². The Labute approximate surface area is 281 Å². The molecule has 0 radical (unpaired) electrons. The fraction of sp³-hybridized carbons (Fsp3) is 0. The highest BCUT2D eigenvalue weighted by Gasteiger charge is 2.21. The van der Waals surface area contributed by atoms with Gasteiger partial charge in [-0.1, -0.05) is 188 Å². The molecule has 9 aromatic carbocycles. The molecule has 0 bridgehead atoms. The van der Waals surface area contributed by atoms with Gasteiger partial charge in [-0.25, -0.2) is 0 Å². The van der Waals surface area contributed by atoms with Gasteiger partial charge in [0.15, 0.2) is 0 Å². The van der Waals surface area contributed by atoms with Crippen LogP contribution in [-0.2, 0) is 0 Å². The fourth-order valence-electron chi connectivity index (χ4n) is 7.54. The van der Waals surface area contributed by atoms with Crippen LogP contribution >= 0.6 is 0 Å². The zero-order valence-electron chi connectivity index (χ0n) is 26.5. The molecule has 0 atom stereocenters. The molecule has 0 spiro atoms. The lowest BCUT2D eigenvalue weighted by molar-refractivity contribution is 1.59. The first-order valence-electron chi connectivity index (χ1n) is 16.6. The number of fused-ring (bicyclic) bond motifs is 3. The topological polar surface area (TPSA) is 0 Å². The maximum absolute atomic E-state index is 2.44. The number of rotatable bonds is 5. The van der Waals surface area contributed by atoms with Gasteiger partial charge in [-0.15, -0.1) is 0 Å². The summed E-state index contributed by atoms with van der Waals surface area (Å²) in [6.45, 7) is 0. The van der Waals surface area contributed by atoms with Crippen molar-refractivity contribution in [1.82, 2.24) is 0 Å². The predicted octanol–water partition coefficient (Wildman–Crippen LogP) is 13.5. The van der Waals surface area contributed by atoms with Crippen molar-refractivity contribution in [3.63, 3.8) is 0 Å². The highest BCUT2D eigenvalue weighted by Crippen LogP contribution is 2.48. The van der Waals surface area contributed by atoms with E-state index in [-0.39, 0.29) is 0 Å². The maximum Gasteiger partial charge on any atom is -0.00199 e. The molecule has 0 heteroatoms. The molecule has 0 aromatic heterocycles. The first kappa shape index (κ1) is 28.0. The quantitative estimate of drug-likeness (QED) is 0.171. The average Bonchev–Trinajstić information content (AvgIpc) is 3.17. The molecule has 9 rings (SSSR count). The van der Waals surface area contributed by atoms with Crippen molar-refractivity contribution in [3.05, 3.63) is 194 Å². The second-order valence-electron chi connectivity index (χ2n) is 12.4. The Morgan fingerprint density at radius 3 is 1.27 bits per heavy atom. The SMILES string of the molecule is c1ccc(-c2ccccc2-c2ccc3c(-c4cccc5ccccc45)c4ccccc4c(-c4ccccc4-c4ccccc4)c3c2)cc1. The van der Waals surface area contributed by atoms with Crippen molar-refractivity contribution >= 4 is 32.3 Å². The third kappa shape index (κ3) is 4.70. The van der Waals surface area contributed by atoms with Gasteiger partial charge in [-0.3, -0.25) is 0 Å². The molecule has 48 heavy (non-hydrogen) atoms. The van der Waals surface area contributed by atoms with E-state index in [4.69, 9.17) is 0 Å². The Balaban J connectivity index is 1.43. The molecule has 0 N–H and O–H groups in total. The molecule has 0 aliphatic heterocycles. The lowest BCUT2D eigenvalue weighted by atomic mass is 9.82. The first-order chi connectivity index (χ1) is 23.8. The van der Waals surface area contributed by atoms with Gasteiger partial charge in [0.2, 0.25) is 0 Å². The van der Waals surface area contributed by atoms with Crippen molar-refractivity contribution in [3.8, 4) is 55.6 Å². The molecular formula is C48H32. The Morgan fingerprint density at radius 2 is 0.625 bits per heavy atom. The molecule has 0 aliphatic carbocycles. The zero-order valence-corrected chi connectivity index (χ0v) is 26.5. The average molecular weight is 609 g/mol. The van der Waals surface area contributed by atoms with Crippen LogP contribution < -0.4 is 0 Å². The lowest BCUT2D eigenvalue weighted by Crippen LogP contribution is -1.94. The van der Waals surface area contributed by atoms with E-state index in [1.807, 2.05) is 0 Å². The first-order valence-corrected chi connectivity index (χ1v) is 16.6. The summed E-state index contributed by atoms with van der Waals surface area (Å²) in [6.07, 6.45) is 0. The van der Waals surface area contributed by atoms with Crippen molar-refractivity contribution in [2.45, 2.75) is 0 Å². The molecule has 0 heterocycles. The molecule has 9 aromatic rings. The van der Waals surface area contributed by atoms with Gasteiger partial charge in [-0.2, -0.15) is 0 Å². The van der Waals surface area contributed by atoms with Crippen LogP contribution in [-0.4, -0.2) is 0 Å². The zero-order chi connectivity index (χ0) is 31.9. The van der Waals surface area contributed by atoms with Crippen molar-refractivity contribution in [2.24, 2.45) is 0 Å². The van der Waals surface area contributed by atoms with Crippen LogP contribution in [0.1, 0.15) is 0 Å². The van der Waals surface area contributed by atoms with E-state index in [9.17, 15) is 0 Å². The van der Waals surface area contributed by atoms with Crippen LogP contribution in [0, 0.1) is 0 Å². The fourth-order valence-corrected chi connectivity index (χ4v) is 7.54. The minimum atomic E-state index is 1.21.